The van der Waals surface area contributed by atoms with Crippen LogP contribution in [0, 0.1) is 5.41 Å². The van der Waals surface area contributed by atoms with Crippen molar-refractivity contribution in [2.24, 2.45) is 5.41 Å². The second-order valence-electron chi connectivity index (χ2n) is 7.03. The molecule has 1 aliphatic heterocycles. The van der Waals surface area contributed by atoms with E-state index in [1.807, 2.05) is 0 Å². The lowest BCUT2D eigenvalue weighted by molar-refractivity contribution is -0.187. The third-order valence-corrected chi connectivity index (χ3v) is 5.80. The first kappa shape index (κ1) is 21.1. The standard InChI is InChI=1S/C20H23ClN2O6/c1-4-29-18(26)19-9-6-10-20(19,27)23(12(2)15(19)17(25)28-3)22-16(24)13-7-5-8-14(21)11-13/h5,7-8,11,27H,4,6,9-10H2,1-3H3,(H,22,24)/t19-,20+/m1/s1. The number of hydrogen-bond donors (Lipinski definition) is 2. The number of halogens is 1. The molecule has 0 saturated heterocycles. The molecule has 156 valence electrons. The van der Waals surface area contributed by atoms with E-state index in [9.17, 15) is 19.5 Å². The van der Waals surface area contributed by atoms with Crippen LogP contribution in [0.3, 0.4) is 0 Å². The molecule has 1 amide bonds. The van der Waals surface area contributed by atoms with Gasteiger partial charge in [0.05, 0.1) is 19.3 Å². The number of allylic oxidation sites excluding steroid dienone is 1. The van der Waals surface area contributed by atoms with Crippen molar-refractivity contribution in [1.82, 2.24) is 10.4 Å². The van der Waals surface area contributed by atoms with E-state index < -0.39 is 29.0 Å². The summed E-state index contributed by atoms with van der Waals surface area (Å²) in [6, 6.07) is 6.29. The van der Waals surface area contributed by atoms with Crippen molar-refractivity contribution >= 4 is 29.4 Å². The summed E-state index contributed by atoms with van der Waals surface area (Å²) in [6.07, 6.45) is 0.791. The zero-order chi connectivity index (χ0) is 21.4. The largest absolute Gasteiger partial charge is 0.466 e. The number of fused-ring (bicyclic) bond motifs is 1. The van der Waals surface area contributed by atoms with Crippen LogP contribution in [0.1, 0.15) is 43.5 Å². The Bertz CT molecular complexity index is 901. The molecule has 9 heteroatoms. The molecule has 1 aliphatic carbocycles. The van der Waals surface area contributed by atoms with E-state index in [1.54, 1.807) is 32.0 Å². The van der Waals surface area contributed by atoms with Gasteiger partial charge >= 0.3 is 11.9 Å². The van der Waals surface area contributed by atoms with Gasteiger partial charge in [-0.05, 0) is 51.3 Å². The molecule has 1 saturated carbocycles. The van der Waals surface area contributed by atoms with Gasteiger partial charge in [-0.2, -0.15) is 0 Å². The summed E-state index contributed by atoms with van der Waals surface area (Å²) in [5, 5.41) is 13.2. The SMILES string of the molecule is CCOC(=O)[C@]12CCC[C@@]1(O)N(NC(=O)c1cccc(Cl)c1)C(C)=C2C(=O)OC. The molecular formula is C20H23ClN2O6. The summed E-state index contributed by atoms with van der Waals surface area (Å²) in [5.41, 5.74) is -0.405. The topological polar surface area (TPSA) is 105 Å². The Labute approximate surface area is 173 Å². The predicted molar refractivity (Wildman–Crippen MR) is 103 cm³/mol. The first-order chi connectivity index (χ1) is 13.7. The van der Waals surface area contributed by atoms with E-state index in [1.165, 1.54) is 18.2 Å². The quantitative estimate of drug-likeness (QED) is 0.700. The van der Waals surface area contributed by atoms with Crippen molar-refractivity contribution < 1.29 is 29.0 Å². The molecule has 29 heavy (non-hydrogen) atoms. The second-order valence-corrected chi connectivity index (χ2v) is 7.47. The van der Waals surface area contributed by atoms with Crippen LogP contribution >= 0.6 is 11.6 Å². The summed E-state index contributed by atoms with van der Waals surface area (Å²) in [4.78, 5) is 38.4. The predicted octanol–water partition coefficient (Wildman–Crippen LogP) is 2.17. The van der Waals surface area contributed by atoms with Crippen LogP contribution in [-0.4, -0.2) is 47.4 Å². The summed E-state index contributed by atoms with van der Waals surface area (Å²) < 4.78 is 10.1. The average molecular weight is 423 g/mol. The van der Waals surface area contributed by atoms with Crippen LogP contribution in [-0.2, 0) is 19.1 Å². The Morgan fingerprint density at radius 1 is 1.31 bits per heavy atom. The highest BCUT2D eigenvalue weighted by atomic mass is 35.5. The van der Waals surface area contributed by atoms with Gasteiger partial charge in [0.2, 0.25) is 0 Å². The number of ether oxygens (including phenoxy) is 2. The monoisotopic (exact) mass is 422 g/mol. The lowest BCUT2D eigenvalue weighted by Crippen LogP contribution is -2.61. The number of hydrazine groups is 1. The molecule has 1 heterocycles. The van der Waals surface area contributed by atoms with Crippen LogP contribution < -0.4 is 5.43 Å². The van der Waals surface area contributed by atoms with E-state index >= 15 is 0 Å². The van der Waals surface area contributed by atoms with E-state index in [-0.39, 0.29) is 36.3 Å². The first-order valence-corrected chi connectivity index (χ1v) is 9.66. The van der Waals surface area contributed by atoms with Gasteiger partial charge in [-0.15, -0.1) is 0 Å². The zero-order valence-corrected chi connectivity index (χ0v) is 17.2. The van der Waals surface area contributed by atoms with Gasteiger partial charge in [-0.25, -0.2) is 4.79 Å². The molecule has 2 aliphatic rings. The molecule has 2 N–H and O–H groups in total. The summed E-state index contributed by atoms with van der Waals surface area (Å²) in [7, 11) is 1.20. The summed E-state index contributed by atoms with van der Waals surface area (Å²) in [5.74, 6) is -2.02. The molecule has 0 aromatic heterocycles. The third kappa shape index (κ3) is 3.07. The van der Waals surface area contributed by atoms with Crippen molar-refractivity contribution in [2.75, 3.05) is 13.7 Å². The Morgan fingerprint density at radius 3 is 2.66 bits per heavy atom. The molecule has 8 nitrogen and oxygen atoms in total. The first-order valence-electron chi connectivity index (χ1n) is 9.29. The van der Waals surface area contributed by atoms with Crippen molar-refractivity contribution in [1.29, 1.82) is 0 Å². The average Bonchev–Trinajstić information content (AvgIpc) is 3.12. The van der Waals surface area contributed by atoms with Crippen LogP contribution in [0.4, 0.5) is 0 Å². The molecular weight excluding hydrogens is 400 g/mol. The van der Waals surface area contributed by atoms with Crippen molar-refractivity contribution in [2.45, 2.75) is 38.8 Å². The van der Waals surface area contributed by atoms with Crippen LogP contribution in [0.5, 0.6) is 0 Å². The minimum absolute atomic E-state index is 0.00940. The minimum atomic E-state index is -1.86. The van der Waals surface area contributed by atoms with Gasteiger partial charge in [0.1, 0.15) is 0 Å². The van der Waals surface area contributed by atoms with Crippen LogP contribution in [0.25, 0.3) is 0 Å². The molecule has 3 rings (SSSR count). The molecule has 0 unspecified atom stereocenters. The number of amides is 1. The molecule has 2 atom stereocenters. The van der Waals surface area contributed by atoms with E-state index in [4.69, 9.17) is 21.1 Å². The number of aliphatic hydroxyl groups is 1. The van der Waals surface area contributed by atoms with Gasteiger partial charge in [0, 0.05) is 16.3 Å². The van der Waals surface area contributed by atoms with Crippen LogP contribution in [0.2, 0.25) is 5.02 Å². The Morgan fingerprint density at radius 2 is 2.03 bits per heavy atom. The Kier molecular flexibility index (Phi) is 5.60. The van der Waals surface area contributed by atoms with Gasteiger partial charge in [-0.1, -0.05) is 17.7 Å². The highest BCUT2D eigenvalue weighted by Crippen LogP contribution is 2.59. The van der Waals surface area contributed by atoms with Gasteiger partial charge < -0.3 is 14.6 Å². The number of carbonyl (C=O) groups is 3. The number of methoxy groups -OCH3 is 1. The Hall–Kier alpha value is -2.58. The van der Waals surface area contributed by atoms with Crippen molar-refractivity contribution in [3.05, 3.63) is 46.1 Å². The molecule has 1 aromatic carbocycles. The van der Waals surface area contributed by atoms with E-state index in [0.717, 1.165) is 0 Å². The molecule has 0 radical (unpaired) electrons. The van der Waals surface area contributed by atoms with Gasteiger partial charge in [0.25, 0.3) is 5.91 Å². The second kappa shape index (κ2) is 7.68. The normalized spacial score (nSPS) is 25.6. The lowest BCUT2D eigenvalue weighted by Gasteiger charge is -2.41. The number of nitrogens with zero attached hydrogens (tertiary/aromatic N) is 1. The van der Waals surface area contributed by atoms with Crippen LogP contribution in [0.15, 0.2) is 35.5 Å². The number of esters is 2. The molecule has 0 spiro atoms. The fourth-order valence-corrected chi connectivity index (χ4v) is 4.55. The third-order valence-electron chi connectivity index (χ3n) is 5.57. The van der Waals surface area contributed by atoms with E-state index in [2.05, 4.69) is 5.43 Å². The molecule has 1 fully saturated rings. The van der Waals surface area contributed by atoms with Crippen molar-refractivity contribution in [3.8, 4) is 0 Å². The van der Waals surface area contributed by atoms with E-state index in [0.29, 0.717) is 11.4 Å². The zero-order valence-electron chi connectivity index (χ0n) is 16.5. The maximum atomic E-state index is 13.0. The number of rotatable bonds is 5. The maximum Gasteiger partial charge on any atom is 0.336 e. The number of carbonyl (C=O) groups excluding carboxylic acids is 3. The van der Waals surface area contributed by atoms with Gasteiger partial charge in [0.15, 0.2) is 11.1 Å². The molecule has 1 aromatic rings. The fraction of sp³-hybridized carbons (Fsp3) is 0.450. The summed E-state index contributed by atoms with van der Waals surface area (Å²) >= 11 is 5.96. The Balaban J connectivity index is 2.08. The van der Waals surface area contributed by atoms with Gasteiger partial charge in [-0.3, -0.25) is 20.0 Å². The highest BCUT2D eigenvalue weighted by molar-refractivity contribution is 6.30. The van der Waals surface area contributed by atoms with Crippen molar-refractivity contribution in [3.63, 3.8) is 0 Å². The minimum Gasteiger partial charge on any atom is -0.466 e. The fourth-order valence-electron chi connectivity index (χ4n) is 4.36. The smallest absolute Gasteiger partial charge is 0.336 e. The number of hydrogen-bond acceptors (Lipinski definition) is 7. The number of benzene rings is 1. The molecule has 0 bridgehead atoms. The maximum absolute atomic E-state index is 13.0. The summed E-state index contributed by atoms with van der Waals surface area (Å²) in [6.45, 7) is 3.27. The number of nitrogens with one attached hydrogen (secondary N) is 1. The lowest BCUT2D eigenvalue weighted by atomic mass is 9.75. The highest BCUT2D eigenvalue weighted by Gasteiger charge is 2.71.